The summed E-state index contributed by atoms with van der Waals surface area (Å²) in [6, 6.07) is 7.53. The molecule has 2 aromatic carbocycles. The summed E-state index contributed by atoms with van der Waals surface area (Å²) in [5, 5.41) is 6.02. The van der Waals surface area contributed by atoms with Crippen LogP contribution in [0.25, 0.3) is 0 Å². The predicted octanol–water partition coefficient (Wildman–Crippen LogP) is 4.26. The Kier molecular flexibility index (Phi) is 8.34. The molecule has 0 saturated heterocycles. The number of esters is 1. The van der Waals surface area contributed by atoms with Gasteiger partial charge in [-0.1, -0.05) is 34.8 Å². The number of rotatable bonds is 7. The third-order valence-corrected chi connectivity index (χ3v) is 5.14. The normalized spacial score (nSPS) is 11.4. The molecule has 2 rings (SSSR count). The minimum Gasteiger partial charge on any atom is -0.495 e. The average molecular weight is 474 g/mol. The van der Waals surface area contributed by atoms with Gasteiger partial charge >= 0.3 is 5.97 Å². The number of carbonyl (C=O) groups is 3. The van der Waals surface area contributed by atoms with Crippen molar-refractivity contribution in [1.29, 1.82) is 0 Å². The van der Waals surface area contributed by atoms with Gasteiger partial charge in [0, 0.05) is 16.7 Å². The van der Waals surface area contributed by atoms with Gasteiger partial charge in [-0.3, -0.25) is 14.4 Å². The van der Waals surface area contributed by atoms with E-state index in [1.54, 1.807) is 19.1 Å². The quantitative estimate of drug-likeness (QED) is 0.586. The van der Waals surface area contributed by atoms with E-state index in [0.29, 0.717) is 21.5 Å². The highest BCUT2D eigenvalue weighted by molar-refractivity contribution is 6.42. The van der Waals surface area contributed by atoms with Crippen molar-refractivity contribution in [2.75, 3.05) is 19.0 Å². The number of hydrogen-bond donors (Lipinski definition) is 2. The predicted molar refractivity (Wildman–Crippen MR) is 116 cm³/mol. The van der Waals surface area contributed by atoms with Crippen LogP contribution in [0, 0.1) is 6.92 Å². The lowest BCUT2D eigenvalue weighted by Gasteiger charge is -2.16. The molecule has 2 amide bonds. The molecule has 30 heavy (non-hydrogen) atoms. The first-order valence-electron chi connectivity index (χ1n) is 8.70. The van der Waals surface area contributed by atoms with Gasteiger partial charge in [-0.2, -0.15) is 0 Å². The van der Waals surface area contributed by atoms with E-state index in [1.807, 2.05) is 0 Å². The molecule has 0 bridgehead atoms. The van der Waals surface area contributed by atoms with Gasteiger partial charge in [0.2, 0.25) is 0 Å². The van der Waals surface area contributed by atoms with Gasteiger partial charge in [-0.05, 0) is 43.7 Å². The van der Waals surface area contributed by atoms with E-state index in [4.69, 9.17) is 44.3 Å². The lowest BCUT2D eigenvalue weighted by Crippen LogP contribution is -2.35. The first kappa shape index (κ1) is 23.8. The van der Waals surface area contributed by atoms with Crippen molar-refractivity contribution < 1.29 is 23.9 Å². The highest BCUT2D eigenvalue weighted by atomic mass is 35.5. The van der Waals surface area contributed by atoms with E-state index in [9.17, 15) is 14.4 Å². The molecule has 7 nitrogen and oxygen atoms in total. The number of anilines is 1. The van der Waals surface area contributed by atoms with Crippen molar-refractivity contribution in [3.05, 3.63) is 56.5 Å². The second-order valence-corrected chi connectivity index (χ2v) is 7.46. The van der Waals surface area contributed by atoms with Crippen LogP contribution in [-0.4, -0.2) is 37.5 Å². The zero-order valence-corrected chi connectivity index (χ0v) is 18.6. The maximum absolute atomic E-state index is 12.3. The topological polar surface area (TPSA) is 93.7 Å². The summed E-state index contributed by atoms with van der Waals surface area (Å²) in [7, 11) is 1.44. The third-order valence-electron chi connectivity index (χ3n) is 3.99. The summed E-state index contributed by atoms with van der Waals surface area (Å²) < 4.78 is 10.3. The number of amides is 2. The maximum atomic E-state index is 12.3. The summed E-state index contributed by atoms with van der Waals surface area (Å²) >= 11 is 17.7. The Labute approximate surface area is 188 Å². The van der Waals surface area contributed by atoms with Crippen LogP contribution in [0.5, 0.6) is 5.75 Å². The molecular formula is C20H19Cl3N2O5. The van der Waals surface area contributed by atoms with Gasteiger partial charge in [-0.15, -0.1) is 0 Å². The standard InChI is InChI=1S/C20H19Cl3N2O5/c1-10-6-16(17(29-3)8-14(10)22)25-19(27)11(2)30-18(26)9-24-20(28)12-4-5-13(21)15(23)7-12/h4-8,11H,9H2,1-3H3,(H,24,28)(H,25,27). The monoisotopic (exact) mass is 472 g/mol. The summed E-state index contributed by atoms with van der Waals surface area (Å²) in [6.07, 6.45) is -1.11. The maximum Gasteiger partial charge on any atom is 0.326 e. The molecule has 2 aromatic rings. The minimum absolute atomic E-state index is 0.213. The Morgan fingerprint density at radius 1 is 1.03 bits per heavy atom. The molecule has 160 valence electrons. The number of benzene rings is 2. The Balaban J connectivity index is 1.90. The summed E-state index contributed by atoms with van der Waals surface area (Å²) in [4.78, 5) is 36.4. The second kappa shape index (κ2) is 10.5. The molecule has 0 aromatic heterocycles. The zero-order valence-electron chi connectivity index (χ0n) is 16.3. The summed E-state index contributed by atoms with van der Waals surface area (Å²) in [5.41, 5.74) is 1.36. The Bertz CT molecular complexity index is 981. The van der Waals surface area contributed by atoms with Crippen LogP contribution < -0.4 is 15.4 Å². The number of halogens is 3. The SMILES string of the molecule is COc1cc(Cl)c(C)cc1NC(=O)C(C)OC(=O)CNC(=O)c1ccc(Cl)c(Cl)c1. The van der Waals surface area contributed by atoms with Crippen molar-refractivity contribution in [3.8, 4) is 5.75 Å². The number of nitrogens with one attached hydrogen (secondary N) is 2. The number of hydrogen-bond acceptors (Lipinski definition) is 5. The molecule has 0 aliphatic heterocycles. The van der Waals surface area contributed by atoms with E-state index < -0.39 is 30.4 Å². The highest BCUT2D eigenvalue weighted by Crippen LogP contribution is 2.31. The fourth-order valence-electron chi connectivity index (χ4n) is 2.35. The Hall–Kier alpha value is -2.48. The first-order chi connectivity index (χ1) is 14.1. The molecule has 0 saturated carbocycles. The number of methoxy groups -OCH3 is 1. The van der Waals surface area contributed by atoms with Crippen LogP contribution in [0.2, 0.25) is 15.1 Å². The van der Waals surface area contributed by atoms with E-state index in [-0.39, 0.29) is 10.6 Å². The van der Waals surface area contributed by atoms with E-state index in [2.05, 4.69) is 10.6 Å². The molecular weight excluding hydrogens is 455 g/mol. The van der Waals surface area contributed by atoms with Gasteiger partial charge in [0.05, 0.1) is 22.8 Å². The Morgan fingerprint density at radius 3 is 2.37 bits per heavy atom. The zero-order chi connectivity index (χ0) is 22.4. The van der Waals surface area contributed by atoms with E-state index in [1.165, 1.54) is 32.2 Å². The van der Waals surface area contributed by atoms with Crippen LogP contribution in [0.15, 0.2) is 30.3 Å². The highest BCUT2D eigenvalue weighted by Gasteiger charge is 2.20. The molecule has 0 radical (unpaired) electrons. The van der Waals surface area contributed by atoms with E-state index >= 15 is 0 Å². The average Bonchev–Trinajstić information content (AvgIpc) is 2.70. The van der Waals surface area contributed by atoms with Crippen molar-refractivity contribution in [2.24, 2.45) is 0 Å². The lowest BCUT2D eigenvalue weighted by atomic mass is 10.2. The molecule has 0 fully saturated rings. The fraction of sp³-hybridized carbons (Fsp3) is 0.250. The molecule has 1 atom stereocenters. The lowest BCUT2D eigenvalue weighted by molar-refractivity contribution is -0.152. The first-order valence-corrected chi connectivity index (χ1v) is 9.83. The molecule has 10 heteroatoms. The molecule has 0 aliphatic carbocycles. The van der Waals surface area contributed by atoms with Gasteiger partial charge in [0.1, 0.15) is 12.3 Å². The molecule has 2 N–H and O–H groups in total. The second-order valence-electron chi connectivity index (χ2n) is 6.23. The van der Waals surface area contributed by atoms with Crippen LogP contribution in [-0.2, 0) is 14.3 Å². The van der Waals surface area contributed by atoms with Crippen molar-refractivity contribution in [2.45, 2.75) is 20.0 Å². The minimum atomic E-state index is -1.11. The fourth-order valence-corrected chi connectivity index (χ4v) is 2.80. The smallest absolute Gasteiger partial charge is 0.326 e. The number of ether oxygens (including phenoxy) is 2. The molecule has 0 aliphatic rings. The van der Waals surface area contributed by atoms with Crippen molar-refractivity contribution >= 4 is 58.3 Å². The largest absolute Gasteiger partial charge is 0.495 e. The van der Waals surface area contributed by atoms with Gasteiger partial charge in [0.15, 0.2) is 6.10 Å². The molecule has 0 spiro atoms. The van der Waals surface area contributed by atoms with Crippen molar-refractivity contribution in [1.82, 2.24) is 5.32 Å². The summed E-state index contributed by atoms with van der Waals surface area (Å²) in [5.74, 6) is -1.53. The number of aryl methyl sites for hydroxylation is 1. The summed E-state index contributed by atoms with van der Waals surface area (Å²) in [6.45, 7) is 2.75. The third kappa shape index (κ3) is 6.26. The van der Waals surface area contributed by atoms with Crippen LogP contribution in [0.4, 0.5) is 5.69 Å². The number of carbonyl (C=O) groups excluding carboxylic acids is 3. The van der Waals surface area contributed by atoms with Gasteiger partial charge < -0.3 is 20.1 Å². The van der Waals surface area contributed by atoms with E-state index in [0.717, 1.165) is 5.56 Å². The van der Waals surface area contributed by atoms with Crippen LogP contribution >= 0.6 is 34.8 Å². The Morgan fingerprint density at radius 2 is 1.73 bits per heavy atom. The molecule has 1 unspecified atom stereocenters. The molecule has 0 heterocycles. The van der Waals surface area contributed by atoms with Crippen LogP contribution in [0.1, 0.15) is 22.8 Å². The van der Waals surface area contributed by atoms with Gasteiger partial charge in [-0.25, -0.2) is 0 Å². The van der Waals surface area contributed by atoms with Gasteiger partial charge in [0.25, 0.3) is 11.8 Å². The van der Waals surface area contributed by atoms with Crippen LogP contribution in [0.3, 0.4) is 0 Å². The van der Waals surface area contributed by atoms with Crippen molar-refractivity contribution in [3.63, 3.8) is 0 Å².